The number of anilines is 1. The van der Waals surface area contributed by atoms with Gasteiger partial charge in [-0.25, -0.2) is 0 Å². The third-order valence-corrected chi connectivity index (χ3v) is 6.41. The molecule has 0 bridgehead atoms. The molecule has 32 heavy (non-hydrogen) atoms. The molecular formula is C23H28N2O7. The van der Waals surface area contributed by atoms with Crippen molar-refractivity contribution >= 4 is 11.4 Å². The van der Waals surface area contributed by atoms with E-state index in [-0.39, 0.29) is 11.7 Å². The number of fused-ring (bicyclic) bond motifs is 2. The van der Waals surface area contributed by atoms with Gasteiger partial charge in [0.25, 0.3) is 5.69 Å². The highest BCUT2D eigenvalue weighted by Gasteiger charge is 2.55. The predicted octanol–water partition coefficient (Wildman–Crippen LogP) is 2.84. The first-order chi connectivity index (χ1) is 15.3. The lowest BCUT2D eigenvalue weighted by Crippen LogP contribution is -2.63. The van der Waals surface area contributed by atoms with Crippen LogP contribution >= 0.6 is 0 Å². The minimum absolute atomic E-state index is 0.0704. The molecule has 0 radical (unpaired) electrons. The van der Waals surface area contributed by atoms with E-state index in [0.717, 1.165) is 17.7 Å². The Kier molecular flexibility index (Phi) is 6.09. The molecule has 0 unspecified atom stereocenters. The molecule has 1 N–H and O–H groups in total. The van der Waals surface area contributed by atoms with Crippen molar-refractivity contribution in [3.63, 3.8) is 0 Å². The molecule has 172 valence electrons. The maximum Gasteiger partial charge on any atom is 0.270 e. The third-order valence-electron chi connectivity index (χ3n) is 6.41. The summed E-state index contributed by atoms with van der Waals surface area (Å²) in [6.45, 7) is 2.15. The van der Waals surface area contributed by atoms with Crippen molar-refractivity contribution in [1.29, 1.82) is 0 Å². The van der Waals surface area contributed by atoms with E-state index in [4.69, 9.17) is 18.9 Å². The van der Waals surface area contributed by atoms with E-state index >= 15 is 0 Å². The minimum Gasteiger partial charge on any atom is -0.479 e. The third kappa shape index (κ3) is 3.51. The summed E-state index contributed by atoms with van der Waals surface area (Å²) in [5, 5.41) is 23.2. The standard InChI is InChI=1S/C23H28N2O7/c1-23(22(30-3)31-4)21(26)20(17-12-15(25(27)28)9-10-19(17)32-23)24-16(13-29-2)11-14-7-5-6-8-18(14)24/h5-10,12,16,20-22,26H,11,13H2,1-4H3/t16-,20+,21-,23+/m1/s1. The highest BCUT2D eigenvalue weighted by atomic mass is 16.7. The van der Waals surface area contributed by atoms with Crippen LogP contribution < -0.4 is 9.64 Å². The number of benzene rings is 2. The van der Waals surface area contributed by atoms with Gasteiger partial charge < -0.3 is 29.0 Å². The number of aliphatic hydroxyl groups is 1. The van der Waals surface area contributed by atoms with E-state index < -0.39 is 29.0 Å². The Bertz CT molecular complexity index is 996. The highest BCUT2D eigenvalue weighted by Crippen LogP contribution is 2.50. The molecule has 0 spiro atoms. The lowest BCUT2D eigenvalue weighted by atomic mass is 9.83. The van der Waals surface area contributed by atoms with Crippen LogP contribution in [0.2, 0.25) is 0 Å². The molecule has 0 aliphatic carbocycles. The Labute approximate surface area is 186 Å². The fourth-order valence-electron chi connectivity index (χ4n) is 5.00. The van der Waals surface area contributed by atoms with E-state index in [1.54, 1.807) is 20.1 Å². The van der Waals surface area contributed by atoms with Gasteiger partial charge >= 0.3 is 0 Å². The monoisotopic (exact) mass is 444 g/mol. The van der Waals surface area contributed by atoms with Crippen LogP contribution in [0.3, 0.4) is 0 Å². The normalized spacial score (nSPS) is 26.6. The van der Waals surface area contributed by atoms with Crippen LogP contribution in [0.4, 0.5) is 11.4 Å². The summed E-state index contributed by atoms with van der Waals surface area (Å²) in [6, 6.07) is 11.7. The fourth-order valence-corrected chi connectivity index (χ4v) is 5.00. The summed E-state index contributed by atoms with van der Waals surface area (Å²) in [4.78, 5) is 13.2. The molecular weight excluding hydrogens is 416 g/mol. The first kappa shape index (κ1) is 22.5. The summed E-state index contributed by atoms with van der Waals surface area (Å²) in [5.41, 5.74) is 1.27. The van der Waals surface area contributed by atoms with Crippen LogP contribution in [0, 0.1) is 10.1 Å². The number of rotatable bonds is 7. The van der Waals surface area contributed by atoms with Crippen molar-refractivity contribution in [2.75, 3.05) is 32.8 Å². The average molecular weight is 444 g/mol. The van der Waals surface area contributed by atoms with Gasteiger partial charge in [-0.2, -0.15) is 0 Å². The molecule has 2 aromatic carbocycles. The smallest absolute Gasteiger partial charge is 0.270 e. The van der Waals surface area contributed by atoms with Gasteiger partial charge in [0.2, 0.25) is 0 Å². The molecule has 2 aliphatic rings. The number of hydrogen-bond acceptors (Lipinski definition) is 8. The van der Waals surface area contributed by atoms with E-state index in [2.05, 4.69) is 4.90 Å². The fraction of sp³-hybridized carbons (Fsp3) is 0.478. The van der Waals surface area contributed by atoms with Gasteiger partial charge in [-0.15, -0.1) is 0 Å². The number of hydrogen-bond donors (Lipinski definition) is 1. The largest absolute Gasteiger partial charge is 0.479 e. The summed E-state index contributed by atoms with van der Waals surface area (Å²) < 4.78 is 22.7. The molecule has 0 amide bonds. The van der Waals surface area contributed by atoms with Gasteiger partial charge in [-0.3, -0.25) is 10.1 Å². The van der Waals surface area contributed by atoms with Crippen molar-refractivity contribution in [2.24, 2.45) is 0 Å². The number of nitro benzene ring substituents is 1. The SMILES string of the molecule is COC[C@H]1Cc2ccccc2N1[C@H]1c2cc([N+](=O)[O-])ccc2O[C@](C)(C(OC)OC)[C@@H]1O. The Morgan fingerprint density at radius 3 is 2.62 bits per heavy atom. The van der Waals surface area contributed by atoms with Gasteiger partial charge in [0, 0.05) is 44.7 Å². The molecule has 2 aliphatic heterocycles. The number of aliphatic hydroxyl groups excluding tert-OH is 1. The van der Waals surface area contributed by atoms with Crippen molar-refractivity contribution in [1.82, 2.24) is 0 Å². The predicted molar refractivity (Wildman–Crippen MR) is 117 cm³/mol. The minimum atomic E-state index is -1.27. The molecule has 2 heterocycles. The van der Waals surface area contributed by atoms with Gasteiger partial charge in [0.05, 0.1) is 23.6 Å². The number of methoxy groups -OCH3 is 3. The maximum absolute atomic E-state index is 11.7. The quantitative estimate of drug-likeness (QED) is 0.395. The summed E-state index contributed by atoms with van der Waals surface area (Å²) >= 11 is 0. The van der Waals surface area contributed by atoms with E-state index in [1.165, 1.54) is 26.4 Å². The second kappa shape index (κ2) is 8.67. The second-order valence-corrected chi connectivity index (χ2v) is 8.31. The first-order valence-electron chi connectivity index (χ1n) is 10.4. The van der Waals surface area contributed by atoms with E-state index in [0.29, 0.717) is 17.9 Å². The molecule has 0 saturated heterocycles. The molecule has 0 aromatic heterocycles. The summed E-state index contributed by atoms with van der Waals surface area (Å²) in [7, 11) is 4.60. The molecule has 9 nitrogen and oxygen atoms in total. The van der Waals surface area contributed by atoms with Gasteiger partial charge in [-0.05, 0) is 31.0 Å². The zero-order valence-electron chi connectivity index (χ0n) is 18.6. The summed E-state index contributed by atoms with van der Waals surface area (Å²) in [6.07, 6.45) is -1.28. The van der Waals surface area contributed by atoms with Crippen molar-refractivity contribution in [3.05, 3.63) is 63.7 Å². The van der Waals surface area contributed by atoms with Gasteiger partial charge in [0.1, 0.15) is 11.9 Å². The zero-order chi connectivity index (χ0) is 23.0. The molecule has 9 heteroatoms. The maximum atomic E-state index is 11.7. The number of nitro groups is 1. The topological polar surface area (TPSA) is 104 Å². The Morgan fingerprint density at radius 2 is 1.97 bits per heavy atom. The highest BCUT2D eigenvalue weighted by molar-refractivity contribution is 5.63. The van der Waals surface area contributed by atoms with Crippen LogP contribution in [-0.2, 0) is 20.6 Å². The van der Waals surface area contributed by atoms with Crippen LogP contribution in [0.25, 0.3) is 0 Å². The number of para-hydroxylation sites is 1. The molecule has 2 aromatic rings. The van der Waals surface area contributed by atoms with Gasteiger partial charge in [-0.1, -0.05) is 18.2 Å². The number of nitrogens with zero attached hydrogens (tertiary/aromatic N) is 2. The molecule has 0 saturated carbocycles. The zero-order valence-corrected chi connectivity index (χ0v) is 18.6. The molecule has 4 rings (SSSR count). The van der Waals surface area contributed by atoms with Crippen molar-refractivity contribution in [2.45, 2.75) is 43.4 Å². The Balaban J connectivity index is 1.92. The average Bonchev–Trinajstić information content (AvgIpc) is 3.13. The van der Waals surface area contributed by atoms with Crippen LogP contribution in [0.1, 0.15) is 24.1 Å². The first-order valence-corrected chi connectivity index (χ1v) is 10.4. The number of ether oxygens (including phenoxy) is 4. The van der Waals surface area contributed by atoms with Crippen LogP contribution in [0.15, 0.2) is 42.5 Å². The van der Waals surface area contributed by atoms with Crippen molar-refractivity contribution < 1.29 is 29.0 Å². The van der Waals surface area contributed by atoms with Crippen LogP contribution in [-0.4, -0.2) is 62.0 Å². The second-order valence-electron chi connectivity index (χ2n) is 8.31. The Morgan fingerprint density at radius 1 is 1.25 bits per heavy atom. The molecule has 0 fully saturated rings. The summed E-state index contributed by atoms with van der Waals surface area (Å²) in [5.74, 6) is 0.438. The Hall–Kier alpha value is -2.72. The van der Waals surface area contributed by atoms with E-state index in [1.807, 2.05) is 24.3 Å². The van der Waals surface area contributed by atoms with Crippen LogP contribution in [0.5, 0.6) is 5.75 Å². The number of non-ortho nitro benzene ring substituents is 1. The van der Waals surface area contributed by atoms with Gasteiger partial charge in [0.15, 0.2) is 11.9 Å². The van der Waals surface area contributed by atoms with Crippen molar-refractivity contribution in [3.8, 4) is 5.75 Å². The molecule has 4 atom stereocenters. The lowest BCUT2D eigenvalue weighted by Gasteiger charge is -2.50. The van der Waals surface area contributed by atoms with E-state index in [9.17, 15) is 15.2 Å². The lowest BCUT2D eigenvalue weighted by molar-refractivity contribution is -0.385.